The average Bonchev–Trinajstić information content (AvgIpc) is 3.27. The van der Waals surface area contributed by atoms with Gasteiger partial charge in [0.1, 0.15) is 17.9 Å². The Hall–Kier alpha value is -3.23. The number of imide groups is 1. The first-order chi connectivity index (χ1) is 15.3. The van der Waals surface area contributed by atoms with Crippen LogP contribution < -0.4 is 4.74 Å². The highest BCUT2D eigenvalue weighted by Crippen LogP contribution is 2.39. The molecule has 3 aliphatic heterocycles. The summed E-state index contributed by atoms with van der Waals surface area (Å²) in [5.74, 6) is -1.26. The molecule has 3 heterocycles. The van der Waals surface area contributed by atoms with E-state index in [1.807, 2.05) is 24.3 Å². The van der Waals surface area contributed by atoms with E-state index in [9.17, 15) is 14.4 Å². The van der Waals surface area contributed by atoms with E-state index in [2.05, 4.69) is 0 Å². The van der Waals surface area contributed by atoms with Gasteiger partial charge in [0.25, 0.3) is 11.8 Å². The molecular weight excluding hydrogens is 412 g/mol. The van der Waals surface area contributed by atoms with Gasteiger partial charge in [-0.3, -0.25) is 19.3 Å². The molecule has 0 aromatic heterocycles. The third-order valence-corrected chi connectivity index (χ3v) is 6.25. The third-order valence-electron chi connectivity index (χ3n) is 6.25. The van der Waals surface area contributed by atoms with Crippen molar-refractivity contribution in [3.63, 3.8) is 0 Å². The Balaban J connectivity index is 1.45. The Labute approximate surface area is 185 Å². The van der Waals surface area contributed by atoms with Gasteiger partial charge in [-0.15, -0.1) is 0 Å². The van der Waals surface area contributed by atoms with Gasteiger partial charge in [-0.1, -0.05) is 24.3 Å². The lowest BCUT2D eigenvalue weighted by atomic mass is 9.88. The minimum Gasteiger partial charge on any atom is -0.497 e. The van der Waals surface area contributed by atoms with Crippen LogP contribution in [0.3, 0.4) is 0 Å². The summed E-state index contributed by atoms with van der Waals surface area (Å²) >= 11 is 0. The van der Waals surface area contributed by atoms with Gasteiger partial charge >= 0.3 is 0 Å². The van der Waals surface area contributed by atoms with E-state index in [1.54, 1.807) is 50.1 Å². The standard InChI is InChI=1S/C24H24N2O6/c1-24(2)31-13-18(32-24)19-20(26-21(27)16-6-4-5-7-17(16)22(26)28)23(29)25(19)12-14-8-10-15(30-3)11-9-14/h4-11,18-20H,12-13H2,1-3H3/t18-,19+,20-/m0/s1. The zero-order valence-electron chi connectivity index (χ0n) is 18.1. The van der Waals surface area contributed by atoms with Gasteiger partial charge in [0.2, 0.25) is 5.91 Å². The number of nitrogens with zero attached hydrogens (tertiary/aromatic N) is 2. The molecule has 0 unspecified atom stereocenters. The fourth-order valence-electron chi connectivity index (χ4n) is 4.67. The lowest BCUT2D eigenvalue weighted by Gasteiger charge is -2.51. The van der Waals surface area contributed by atoms with Crippen LogP contribution in [0.5, 0.6) is 5.75 Å². The summed E-state index contributed by atoms with van der Waals surface area (Å²) in [4.78, 5) is 42.2. The number of rotatable bonds is 5. The molecule has 3 atom stereocenters. The molecule has 2 aromatic carbocycles. The van der Waals surface area contributed by atoms with Gasteiger partial charge in [0, 0.05) is 6.54 Å². The van der Waals surface area contributed by atoms with Crippen LogP contribution >= 0.6 is 0 Å². The molecule has 0 radical (unpaired) electrons. The van der Waals surface area contributed by atoms with Crippen LogP contribution in [0.1, 0.15) is 40.1 Å². The molecule has 5 rings (SSSR count). The minimum atomic E-state index is -0.928. The number of ether oxygens (including phenoxy) is 3. The number of fused-ring (bicyclic) bond motifs is 1. The molecule has 32 heavy (non-hydrogen) atoms. The van der Waals surface area contributed by atoms with E-state index in [0.717, 1.165) is 16.2 Å². The quantitative estimate of drug-likeness (QED) is 0.528. The largest absolute Gasteiger partial charge is 0.497 e. The molecule has 2 aromatic rings. The van der Waals surface area contributed by atoms with E-state index in [1.165, 1.54) is 0 Å². The van der Waals surface area contributed by atoms with Gasteiger partial charge in [-0.25, -0.2) is 0 Å². The molecule has 8 nitrogen and oxygen atoms in total. The van der Waals surface area contributed by atoms with Crippen molar-refractivity contribution >= 4 is 17.7 Å². The second-order valence-corrected chi connectivity index (χ2v) is 8.64. The number of methoxy groups -OCH3 is 1. The number of carbonyl (C=O) groups excluding carboxylic acids is 3. The van der Waals surface area contributed by atoms with Crippen LogP contribution in [-0.4, -0.2) is 65.2 Å². The van der Waals surface area contributed by atoms with E-state index in [0.29, 0.717) is 17.7 Å². The number of carbonyl (C=O) groups is 3. The summed E-state index contributed by atoms with van der Waals surface area (Å²) in [6.07, 6.45) is -0.463. The Bertz CT molecular complexity index is 1060. The molecule has 3 aliphatic rings. The first-order valence-corrected chi connectivity index (χ1v) is 10.5. The predicted molar refractivity (Wildman–Crippen MR) is 113 cm³/mol. The number of hydrogen-bond acceptors (Lipinski definition) is 6. The fraction of sp³-hybridized carbons (Fsp3) is 0.375. The third kappa shape index (κ3) is 3.18. The average molecular weight is 436 g/mol. The van der Waals surface area contributed by atoms with Crippen molar-refractivity contribution in [2.24, 2.45) is 0 Å². The molecule has 0 bridgehead atoms. The highest BCUT2D eigenvalue weighted by atomic mass is 16.7. The highest BCUT2D eigenvalue weighted by molar-refractivity contribution is 6.23. The Morgan fingerprint density at radius 2 is 1.62 bits per heavy atom. The fourth-order valence-corrected chi connectivity index (χ4v) is 4.67. The van der Waals surface area contributed by atoms with E-state index < -0.39 is 35.8 Å². The molecule has 8 heteroatoms. The van der Waals surface area contributed by atoms with Crippen molar-refractivity contribution in [3.05, 3.63) is 65.2 Å². The maximum Gasteiger partial charge on any atom is 0.262 e. The smallest absolute Gasteiger partial charge is 0.262 e. The molecule has 3 amide bonds. The van der Waals surface area contributed by atoms with Gasteiger partial charge in [-0.05, 0) is 43.7 Å². The zero-order chi connectivity index (χ0) is 22.6. The van der Waals surface area contributed by atoms with E-state index in [-0.39, 0.29) is 12.5 Å². The summed E-state index contributed by atoms with van der Waals surface area (Å²) in [5, 5.41) is 0. The molecule has 2 fully saturated rings. The van der Waals surface area contributed by atoms with Crippen molar-refractivity contribution in [1.29, 1.82) is 0 Å². The Kier molecular flexibility index (Phi) is 4.79. The van der Waals surface area contributed by atoms with Crippen LogP contribution in [0.2, 0.25) is 0 Å². The normalized spacial score (nSPS) is 26.3. The van der Waals surface area contributed by atoms with E-state index in [4.69, 9.17) is 14.2 Å². The first kappa shape index (κ1) is 20.7. The summed E-state index contributed by atoms with van der Waals surface area (Å²) in [6, 6.07) is 12.6. The van der Waals surface area contributed by atoms with Gasteiger partial charge in [0.15, 0.2) is 5.79 Å². The maximum absolute atomic E-state index is 13.3. The molecule has 2 saturated heterocycles. The molecule has 0 spiro atoms. The molecule has 166 valence electrons. The van der Waals surface area contributed by atoms with Crippen LogP contribution in [0.15, 0.2) is 48.5 Å². The van der Waals surface area contributed by atoms with Crippen molar-refractivity contribution < 1.29 is 28.6 Å². The van der Waals surface area contributed by atoms with Crippen LogP contribution in [0, 0.1) is 0 Å². The summed E-state index contributed by atoms with van der Waals surface area (Å²) in [7, 11) is 1.59. The van der Waals surface area contributed by atoms with Gasteiger partial charge < -0.3 is 19.1 Å². The zero-order valence-corrected chi connectivity index (χ0v) is 18.1. The minimum absolute atomic E-state index is 0.268. The summed E-state index contributed by atoms with van der Waals surface area (Å²) < 4.78 is 17.0. The number of likely N-dealkylation sites (tertiary alicyclic amines) is 1. The monoisotopic (exact) mass is 436 g/mol. The number of amides is 3. The molecule has 0 aliphatic carbocycles. The molecular formula is C24H24N2O6. The summed E-state index contributed by atoms with van der Waals surface area (Å²) in [5.41, 5.74) is 1.55. The maximum atomic E-state index is 13.3. The van der Waals surface area contributed by atoms with Gasteiger partial charge in [-0.2, -0.15) is 0 Å². The molecule has 0 saturated carbocycles. The van der Waals surface area contributed by atoms with Crippen molar-refractivity contribution in [3.8, 4) is 5.75 Å². The number of benzene rings is 2. The second kappa shape index (κ2) is 7.43. The van der Waals surface area contributed by atoms with Crippen molar-refractivity contribution in [2.75, 3.05) is 13.7 Å². The number of β-lactam (4-membered cyclic amide) rings is 1. The lowest BCUT2D eigenvalue weighted by Crippen LogP contribution is -2.74. The SMILES string of the molecule is COc1ccc(CN2C(=O)[C@@H](N3C(=O)c4ccccc4C3=O)[C@H]2[C@@H]2COC(C)(C)O2)cc1. The summed E-state index contributed by atoms with van der Waals surface area (Å²) in [6.45, 7) is 4.20. The number of hydrogen-bond donors (Lipinski definition) is 0. The van der Waals surface area contributed by atoms with Crippen molar-refractivity contribution in [2.45, 2.75) is 44.4 Å². The van der Waals surface area contributed by atoms with Crippen LogP contribution in [0.25, 0.3) is 0 Å². The van der Waals surface area contributed by atoms with Crippen LogP contribution in [-0.2, 0) is 20.8 Å². The second-order valence-electron chi connectivity index (χ2n) is 8.64. The molecule has 0 N–H and O–H groups in total. The van der Waals surface area contributed by atoms with Crippen molar-refractivity contribution in [1.82, 2.24) is 9.80 Å². The van der Waals surface area contributed by atoms with E-state index >= 15 is 0 Å². The van der Waals surface area contributed by atoms with Gasteiger partial charge in [0.05, 0.1) is 30.9 Å². The van der Waals surface area contributed by atoms with Crippen LogP contribution in [0.4, 0.5) is 0 Å². The predicted octanol–water partition coefficient (Wildman–Crippen LogP) is 2.22. The topological polar surface area (TPSA) is 85.4 Å². The Morgan fingerprint density at radius 1 is 1.00 bits per heavy atom. The highest BCUT2D eigenvalue weighted by Gasteiger charge is 2.60. The lowest BCUT2D eigenvalue weighted by molar-refractivity contribution is -0.179. The Morgan fingerprint density at radius 3 is 2.16 bits per heavy atom. The first-order valence-electron chi connectivity index (χ1n) is 10.5.